The summed E-state index contributed by atoms with van der Waals surface area (Å²) >= 11 is 0. The maximum Gasteiger partial charge on any atom is 0.326 e. The molecule has 0 aliphatic heterocycles. The Bertz CT molecular complexity index is 1840. The number of aliphatic carboxylic acids is 3. The maximum absolute atomic E-state index is 14.0. The van der Waals surface area contributed by atoms with Gasteiger partial charge in [-0.2, -0.15) is 0 Å². The summed E-state index contributed by atoms with van der Waals surface area (Å²) in [5.74, 6) is -11.0. The smallest absolute Gasteiger partial charge is 0.326 e. The number of carboxylic acid groups (broad SMARTS) is 3. The highest BCUT2D eigenvalue weighted by atomic mass is 16.4. The number of nitrogens with one attached hydrogen (secondary N) is 7. The zero-order valence-electron chi connectivity index (χ0n) is 39.2. The molecule has 7 amide bonds. The lowest BCUT2D eigenvalue weighted by molar-refractivity contribution is -0.142. The Morgan fingerprint density at radius 3 is 1.38 bits per heavy atom. The third-order valence-corrected chi connectivity index (χ3v) is 11.0. The lowest BCUT2D eigenvalue weighted by atomic mass is 9.96. The van der Waals surface area contributed by atoms with Gasteiger partial charge in [0.1, 0.15) is 48.3 Å². The molecule has 10 atom stereocenters. The highest BCUT2D eigenvalue weighted by Gasteiger charge is 2.35. The second-order valence-corrected chi connectivity index (χ2v) is 16.6. The molecule has 0 heterocycles. The van der Waals surface area contributed by atoms with Gasteiger partial charge in [-0.05, 0) is 89.8 Å². The molecule has 0 radical (unpaired) electrons. The first-order chi connectivity index (χ1) is 32.1. The molecule has 0 unspecified atom stereocenters. The van der Waals surface area contributed by atoms with Crippen molar-refractivity contribution in [2.24, 2.45) is 23.1 Å². The zero-order valence-corrected chi connectivity index (χ0v) is 39.2. The summed E-state index contributed by atoms with van der Waals surface area (Å²) in [6.07, 6.45) is -1.56. The molecular formula is C44H72N10O14. The summed E-state index contributed by atoms with van der Waals surface area (Å²) in [7, 11) is 0. The van der Waals surface area contributed by atoms with Crippen LogP contribution in [0.15, 0.2) is 30.3 Å². The number of benzene rings is 1. The molecule has 0 saturated carbocycles. The van der Waals surface area contributed by atoms with Crippen LogP contribution >= 0.6 is 0 Å². The topological polar surface area (TPSA) is 414 Å². The van der Waals surface area contributed by atoms with Gasteiger partial charge in [-0.1, -0.05) is 50.6 Å². The van der Waals surface area contributed by atoms with Crippen molar-refractivity contribution in [3.05, 3.63) is 35.9 Å². The van der Waals surface area contributed by atoms with Gasteiger partial charge in [0.15, 0.2) is 0 Å². The number of unbranched alkanes of at least 4 members (excludes halogenated alkanes) is 2. The van der Waals surface area contributed by atoms with Crippen LogP contribution in [0.1, 0.15) is 104 Å². The number of carbonyl (C=O) groups is 10. The minimum absolute atomic E-state index is 0.0244. The minimum atomic E-state index is -1.58. The van der Waals surface area contributed by atoms with Crippen LogP contribution in [-0.4, -0.2) is 147 Å². The van der Waals surface area contributed by atoms with Crippen LogP contribution in [0.2, 0.25) is 0 Å². The van der Waals surface area contributed by atoms with E-state index in [0.717, 1.165) is 0 Å². The van der Waals surface area contributed by atoms with Gasteiger partial charge in [-0.25, -0.2) is 4.79 Å². The number of amides is 7. The van der Waals surface area contributed by atoms with Crippen molar-refractivity contribution in [1.29, 1.82) is 0 Å². The lowest BCUT2D eigenvalue weighted by Gasteiger charge is -2.29. The number of aliphatic hydroxyl groups excluding tert-OH is 1. The fraction of sp³-hybridized carbons (Fsp3) is 0.636. The van der Waals surface area contributed by atoms with Gasteiger partial charge >= 0.3 is 17.9 Å². The van der Waals surface area contributed by atoms with Crippen molar-refractivity contribution in [2.75, 3.05) is 13.1 Å². The molecular weight excluding hydrogens is 893 g/mol. The van der Waals surface area contributed by atoms with Crippen LogP contribution in [0.4, 0.5) is 0 Å². The van der Waals surface area contributed by atoms with Gasteiger partial charge in [0.05, 0.1) is 6.10 Å². The van der Waals surface area contributed by atoms with E-state index in [1.807, 2.05) is 0 Å². The highest BCUT2D eigenvalue weighted by molar-refractivity contribution is 5.97. The summed E-state index contributed by atoms with van der Waals surface area (Å²) in [6, 6.07) is -2.73. The molecule has 0 saturated heterocycles. The average molecular weight is 965 g/mol. The van der Waals surface area contributed by atoms with Crippen molar-refractivity contribution >= 4 is 59.3 Å². The molecule has 24 heteroatoms. The molecule has 0 aromatic heterocycles. The van der Waals surface area contributed by atoms with Crippen LogP contribution in [0.3, 0.4) is 0 Å². The molecule has 0 bridgehead atoms. The Labute approximate surface area is 395 Å². The predicted octanol–water partition coefficient (Wildman–Crippen LogP) is -2.53. The Hall–Kier alpha value is -6.24. The summed E-state index contributed by atoms with van der Waals surface area (Å²) in [5.41, 5.74) is 17.6. The molecule has 0 spiro atoms. The first kappa shape index (κ1) is 59.8. The van der Waals surface area contributed by atoms with E-state index in [0.29, 0.717) is 31.2 Å². The number of hydrogen-bond acceptors (Lipinski definition) is 14. The van der Waals surface area contributed by atoms with E-state index in [9.17, 15) is 68.4 Å². The van der Waals surface area contributed by atoms with E-state index < -0.39 is 145 Å². The van der Waals surface area contributed by atoms with Gasteiger partial charge in [0, 0.05) is 19.3 Å². The molecule has 68 heavy (non-hydrogen) atoms. The van der Waals surface area contributed by atoms with E-state index in [-0.39, 0.29) is 38.8 Å². The molecule has 0 fully saturated rings. The maximum atomic E-state index is 14.0. The normalized spacial score (nSPS) is 15.5. The molecule has 1 aromatic rings. The van der Waals surface area contributed by atoms with Crippen molar-refractivity contribution in [2.45, 2.75) is 159 Å². The molecule has 1 aromatic carbocycles. The number of aliphatic hydroxyl groups is 1. The van der Waals surface area contributed by atoms with E-state index in [1.165, 1.54) is 13.8 Å². The Balaban J connectivity index is 3.33. The molecule has 24 nitrogen and oxygen atoms in total. The Morgan fingerprint density at radius 1 is 0.529 bits per heavy atom. The van der Waals surface area contributed by atoms with Crippen molar-refractivity contribution in [1.82, 2.24) is 37.2 Å². The SMILES string of the molecule is CC[C@H](C)[C@H](NC(=O)[C@H](CCCCN)NC(=O)[C@H](CCC(=O)O)NC(=O)[C@@H](N)[C@@H](C)O)C(=O)N[C@@H](CCC(=O)O)C(=O)N[C@@H](C)C(=O)N[C@@H](CCCCN)C(=O)N[C@@H](Cc1ccccc1)C(=O)O. The summed E-state index contributed by atoms with van der Waals surface area (Å²) in [6.45, 7) is 6.32. The van der Waals surface area contributed by atoms with Gasteiger partial charge < -0.3 is 74.8 Å². The van der Waals surface area contributed by atoms with Crippen LogP contribution in [0.5, 0.6) is 0 Å². The lowest BCUT2D eigenvalue weighted by Crippen LogP contribution is -2.61. The second-order valence-electron chi connectivity index (χ2n) is 16.6. The zero-order chi connectivity index (χ0) is 51.5. The monoisotopic (exact) mass is 965 g/mol. The summed E-state index contributed by atoms with van der Waals surface area (Å²) in [5, 5.41) is 55.6. The Morgan fingerprint density at radius 2 is 0.941 bits per heavy atom. The van der Waals surface area contributed by atoms with E-state index in [2.05, 4.69) is 37.2 Å². The largest absolute Gasteiger partial charge is 0.481 e. The van der Waals surface area contributed by atoms with Crippen molar-refractivity contribution < 1.29 is 68.4 Å². The molecule has 17 N–H and O–H groups in total. The number of carbonyl (C=O) groups excluding carboxylic acids is 7. The van der Waals surface area contributed by atoms with Crippen LogP contribution in [0, 0.1) is 5.92 Å². The van der Waals surface area contributed by atoms with E-state index in [4.69, 9.17) is 17.2 Å². The quantitative estimate of drug-likeness (QED) is 0.0317. The molecule has 1 rings (SSSR count). The van der Waals surface area contributed by atoms with Crippen molar-refractivity contribution in [3.63, 3.8) is 0 Å². The second kappa shape index (κ2) is 31.7. The van der Waals surface area contributed by atoms with Crippen molar-refractivity contribution in [3.8, 4) is 0 Å². The van der Waals surface area contributed by atoms with Gasteiger partial charge in [0.2, 0.25) is 41.4 Å². The van der Waals surface area contributed by atoms with E-state index >= 15 is 0 Å². The standard InChI is InChI=1S/C44H72N10O14/c1-5-24(2)36(54-41(64)29(16-10-12-22-46)50-40(63)31(18-20-34(58)59)51-42(65)35(47)26(4)55)43(66)52-30(17-19-33(56)57)38(61)48-25(3)37(60)49-28(15-9-11-21-45)39(62)53-32(44(67)68)23-27-13-7-6-8-14-27/h6-8,13-14,24-26,28-32,35-36,55H,5,9-12,15-23,45-47H2,1-4H3,(H,48,61)(H,49,60)(H,50,63)(H,51,65)(H,52,66)(H,53,62)(H,54,64)(H,56,57)(H,58,59)(H,67,68)/t24-,25-,26+,28-,29-,30-,31-,32-,35-,36-/m0/s1. The fourth-order valence-corrected chi connectivity index (χ4v) is 6.57. The molecule has 0 aliphatic carbocycles. The third-order valence-electron chi connectivity index (χ3n) is 11.0. The average Bonchev–Trinajstić information content (AvgIpc) is 3.29. The van der Waals surface area contributed by atoms with E-state index in [1.54, 1.807) is 44.2 Å². The van der Waals surface area contributed by atoms with Gasteiger partial charge in [0.25, 0.3) is 0 Å². The number of hydrogen-bond donors (Lipinski definition) is 14. The fourth-order valence-electron chi connectivity index (χ4n) is 6.57. The third kappa shape index (κ3) is 22.5. The highest BCUT2D eigenvalue weighted by Crippen LogP contribution is 2.13. The first-order valence-electron chi connectivity index (χ1n) is 22.7. The first-order valence-corrected chi connectivity index (χ1v) is 22.7. The van der Waals surface area contributed by atoms with Gasteiger partial charge in [-0.15, -0.1) is 0 Å². The minimum Gasteiger partial charge on any atom is -0.481 e. The van der Waals surface area contributed by atoms with Crippen LogP contribution in [-0.2, 0) is 54.4 Å². The predicted molar refractivity (Wildman–Crippen MR) is 246 cm³/mol. The number of carboxylic acids is 3. The summed E-state index contributed by atoms with van der Waals surface area (Å²) < 4.78 is 0. The Kier molecular flexibility index (Phi) is 27.8. The van der Waals surface area contributed by atoms with Gasteiger partial charge in [-0.3, -0.25) is 43.2 Å². The number of nitrogens with two attached hydrogens (primary N) is 3. The molecule has 382 valence electrons. The molecule has 0 aliphatic rings. The number of rotatable bonds is 34. The summed E-state index contributed by atoms with van der Waals surface area (Å²) in [4.78, 5) is 130. The van der Waals surface area contributed by atoms with Crippen LogP contribution in [0.25, 0.3) is 0 Å². The van der Waals surface area contributed by atoms with Crippen LogP contribution < -0.4 is 54.4 Å².